The predicted molar refractivity (Wildman–Crippen MR) is 118 cm³/mol. The van der Waals surface area contributed by atoms with E-state index < -0.39 is 0 Å². The topological polar surface area (TPSA) is 40.6 Å². The normalized spacial score (nSPS) is 18.2. The monoisotopic (exact) mass is 428 g/mol. The molecule has 4 nitrogen and oxygen atoms in total. The van der Waals surface area contributed by atoms with E-state index >= 15 is 0 Å². The van der Waals surface area contributed by atoms with Gasteiger partial charge < -0.3 is 9.80 Å². The molecule has 29 heavy (non-hydrogen) atoms. The van der Waals surface area contributed by atoms with Crippen LogP contribution in [0.15, 0.2) is 54.6 Å². The summed E-state index contributed by atoms with van der Waals surface area (Å²) in [4.78, 5) is 29.6. The highest BCUT2D eigenvalue weighted by atomic mass is 35.5. The third-order valence-corrected chi connectivity index (χ3v) is 7.77. The van der Waals surface area contributed by atoms with Crippen LogP contribution in [0.5, 0.6) is 0 Å². The first-order valence-corrected chi connectivity index (χ1v) is 11.5. The van der Waals surface area contributed by atoms with Crippen molar-refractivity contribution in [3.63, 3.8) is 0 Å². The second-order valence-electron chi connectivity index (χ2n) is 7.60. The lowest BCUT2D eigenvalue weighted by molar-refractivity contribution is -0.134. The first-order valence-electron chi connectivity index (χ1n) is 10.1. The molecule has 152 valence electrons. The lowest BCUT2D eigenvalue weighted by Gasteiger charge is -2.44. The molecule has 0 saturated carbocycles. The molecule has 0 atom stereocenters. The lowest BCUT2D eigenvalue weighted by Crippen LogP contribution is -2.53. The number of nitrogens with zero attached hydrogens (tertiary/aromatic N) is 2. The largest absolute Gasteiger partial charge is 0.338 e. The van der Waals surface area contributed by atoms with Crippen molar-refractivity contribution in [1.82, 2.24) is 9.80 Å². The number of hydrogen-bond acceptors (Lipinski definition) is 3. The average molecular weight is 429 g/mol. The highest BCUT2D eigenvalue weighted by molar-refractivity contribution is 8.00. The zero-order chi connectivity index (χ0) is 20.3. The van der Waals surface area contributed by atoms with Crippen LogP contribution < -0.4 is 0 Å². The number of amides is 2. The van der Waals surface area contributed by atoms with Gasteiger partial charge in [-0.05, 0) is 37.0 Å². The van der Waals surface area contributed by atoms with Crippen LogP contribution in [0.4, 0.5) is 0 Å². The van der Waals surface area contributed by atoms with Gasteiger partial charge in [0, 0.05) is 31.8 Å². The summed E-state index contributed by atoms with van der Waals surface area (Å²) in [5.74, 6) is 1.18. The maximum Gasteiger partial charge on any atom is 0.255 e. The van der Waals surface area contributed by atoms with E-state index in [1.807, 2.05) is 47.0 Å². The minimum Gasteiger partial charge on any atom is -0.338 e. The van der Waals surface area contributed by atoms with E-state index in [9.17, 15) is 9.59 Å². The summed E-state index contributed by atoms with van der Waals surface area (Å²) in [6.07, 6.45) is 2.93. The van der Waals surface area contributed by atoms with E-state index in [4.69, 9.17) is 11.6 Å². The van der Waals surface area contributed by atoms with Gasteiger partial charge in [0.15, 0.2) is 0 Å². The van der Waals surface area contributed by atoms with E-state index in [2.05, 4.69) is 17.0 Å². The molecule has 0 unspecified atom stereocenters. The second-order valence-corrected chi connectivity index (χ2v) is 9.46. The summed E-state index contributed by atoms with van der Waals surface area (Å²) >= 11 is 8.08. The molecule has 1 spiro atoms. The van der Waals surface area contributed by atoms with Crippen LogP contribution in [0.25, 0.3) is 0 Å². The molecule has 6 heteroatoms. The van der Waals surface area contributed by atoms with E-state index in [-0.39, 0.29) is 16.7 Å². The number of piperidine rings is 1. The van der Waals surface area contributed by atoms with E-state index in [0.29, 0.717) is 30.1 Å². The summed E-state index contributed by atoms with van der Waals surface area (Å²) in [6.45, 7) is 2.11. The van der Waals surface area contributed by atoms with Crippen LogP contribution in [0.1, 0.15) is 35.2 Å². The second kappa shape index (κ2) is 8.80. The molecule has 0 bridgehead atoms. The molecule has 2 heterocycles. The number of aryl methyl sites for hydroxylation is 1. The molecule has 2 aliphatic rings. The zero-order valence-corrected chi connectivity index (χ0v) is 17.9. The van der Waals surface area contributed by atoms with Crippen molar-refractivity contribution >= 4 is 35.2 Å². The molecule has 2 amide bonds. The van der Waals surface area contributed by atoms with Crippen LogP contribution >= 0.6 is 23.4 Å². The summed E-state index contributed by atoms with van der Waals surface area (Å²) < 4.78 is 0. The Labute approximate surface area is 181 Å². The van der Waals surface area contributed by atoms with Gasteiger partial charge in [-0.15, -0.1) is 11.8 Å². The number of likely N-dealkylation sites (tertiary alicyclic amines) is 1. The molecule has 2 aromatic carbocycles. The number of hydrogen-bond donors (Lipinski definition) is 0. The number of halogens is 1. The Bertz CT molecular complexity index is 881. The summed E-state index contributed by atoms with van der Waals surface area (Å²) in [6, 6.07) is 17.4. The van der Waals surface area contributed by atoms with Gasteiger partial charge in [0.05, 0.1) is 15.5 Å². The molecular weight excluding hydrogens is 404 g/mol. The third kappa shape index (κ3) is 4.31. The molecule has 0 aromatic heterocycles. The van der Waals surface area contributed by atoms with Crippen molar-refractivity contribution in [2.24, 2.45) is 0 Å². The highest BCUT2D eigenvalue weighted by Gasteiger charge is 2.46. The Hall–Kier alpha value is -1.98. The fourth-order valence-corrected chi connectivity index (χ4v) is 5.96. The standard InChI is InChI=1S/C23H25ClN2O2S/c24-20-9-5-4-8-19(20)22(28)25-14-12-23(13-15-25)26(16-17-29-23)21(27)11-10-18-6-2-1-3-7-18/h1-9H,10-17H2. The van der Waals surface area contributed by atoms with Crippen molar-refractivity contribution in [3.05, 3.63) is 70.7 Å². The van der Waals surface area contributed by atoms with Gasteiger partial charge in [-0.2, -0.15) is 0 Å². The van der Waals surface area contributed by atoms with Crippen LogP contribution in [-0.4, -0.2) is 51.9 Å². The minimum absolute atomic E-state index is 0.0181. The summed E-state index contributed by atoms with van der Waals surface area (Å²) in [5.41, 5.74) is 1.75. The summed E-state index contributed by atoms with van der Waals surface area (Å²) in [5, 5.41) is 0.491. The predicted octanol–water partition coefficient (Wildman–Crippen LogP) is 4.48. The number of carbonyl (C=O) groups is 2. The first kappa shape index (κ1) is 20.3. The van der Waals surface area contributed by atoms with Gasteiger partial charge in [0.1, 0.15) is 0 Å². The van der Waals surface area contributed by atoms with Crippen molar-refractivity contribution in [3.8, 4) is 0 Å². The Morgan fingerprint density at radius 1 is 0.966 bits per heavy atom. The van der Waals surface area contributed by atoms with Crippen molar-refractivity contribution in [1.29, 1.82) is 0 Å². The third-order valence-electron chi connectivity index (χ3n) is 5.89. The van der Waals surface area contributed by atoms with Crippen LogP contribution in [-0.2, 0) is 11.2 Å². The highest BCUT2D eigenvalue weighted by Crippen LogP contribution is 2.44. The van der Waals surface area contributed by atoms with Gasteiger partial charge in [0.25, 0.3) is 5.91 Å². The molecule has 2 saturated heterocycles. The SMILES string of the molecule is O=C(c1ccccc1Cl)N1CCC2(CC1)SCCN2C(=O)CCc1ccccc1. The lowest BCUT2D eigenvalue weighted by atomic mass is 10.00. The summed E-state index contributed by atoms with van der Waals surface area (Å²) in [7, 11) is 0. The Kier molecular flexibility index (Phi) is 6.16. The smallest absolute Gasteiger partial charge is 0.255 e. The molecule has 2 aromatic rings. The van der Waals surface area contributed by atoms with Crippen molar-refractivity contribution in [2.75, 3.05) is 25.4 Å². The molecule has 0 aliphatic carbocycles. The van der Waals surface area contributed by atoms with Gasteiger partial charge in [-0.25, -0.2) is 0 Å². The molecule has 0 radical (unpaired) electrons. The van der Waals surface area contributed by atoms with Gasteiger partial charge >= 0.3 is 0 Å². The molecule has 0 N–H and O–H groups in total. The van der Waals surface area contributed by atoms with E-state index in [1.54, 1.807) is 12.1 Å². The maximum absolute atomic E-state index is 13.0. The fraction of sp³-hybridized carbons (Fsp3) is 0.391. The van der Waals surface area contributed by atoms with Crippen molar-refractivity contribution < 1.29 is 9.59 Å². The zero-order valence-electron chi connectivity index (χ0n) is 16.4. The van der Waals surface area contributed by atoms with E-state index in [0.717, 1.165) is 31.6 Å². The number of carbonyl (C=O) groups excluding carboxylic acids is 2. The van der Waals surface area contributed by atoms with Gasteiger partial charge in [-0.1, -0.05) is 54.1 Å². The minimum atomic E-state index is -0.162. The molecule has 2 fully saturated rings. The van der Waals surface area contributed by atoms with Crippen LogP contribution in [0.3, 0.4) is 0 Å². The maximum atomic E-state index is 13.0. The van der Waals surface area contributed by atoms with Crippen LogP contribution in [0, 0.1) is 0 Å². The van der Waals surface area contributed by atoms with Gasteiger partial charge in [-0.3, -0.25) is 9.59 Å². The number of benzene rings is 2. The fourth-order valence-electron chi connectivity index (χ4n) is 4.27. The Morgan fingerprint density at radius 2 is 1.66 bits per heavy atom. The van der Waals surface area contributed by atoms with Crippen molar-refractivity contribution in [2.45, 2.75) is 30.6 Å². The first-order chi connectivity index (χ1) is 14.1. The molecule has 2 aliphatic heterocycles. The molecule has 4 rings (SSSR count). The molecular formula is C23H25ClN2O2S. The number of thioether (sulfide) groups is 1. The van der Waals surface area contributed by atoms with E-state index in [1.165, 1.54) is 5.56 Å². The number of rotatable bonds is 4. The van der Waals surface area contributed by atoms with Crippen LogP contribution in [0.2, 0.25) is 5.02 Å². The Morgan fingerprint density at radius 3 is 2.38 bits per heavy atom. The Balaban J connectivity index is 1.38. The quantitative estimate of drug-likeness (QED) is 0.720. The van der Waals surface area contributed by atoms with Gasteiger partial charge in [0.2, 0.25) is 5.91 Å². The average Bonchev–Trinajstić information content (AvgIpc) is 3.16.